The van der Waals surface area contributed by atoms with Gasteiger partial charge in [0.05, 0.1) is 6.61 Å². The van der Waals surface area contributed by atoms with E-state index in [0.29, 0.717) is 13.0 Å². The molecule has 2 nitrogen and oxygen atoms in total. The molecule has 0 radical (unpaired) electrons. The third-order valence-electron chi connectivity index (χ3n) is 9.91. The summed E-state index contributed by atoms with van der Waals surface area (Å²) in [5, 5.41) is 12.9. The summed E-state index contributed by atoms with van der Waals surface area (Å²) in [5.41, 5.74) is 3.84. The molecule has 0 fully saturated rings. The van der Waals surface area contributed by atoms with Gasteiger partial charge in [0.15, 0.2) is 0 Å². The van der Waals surface area contributed by atoms with Gasteiger partial charge in [0, 0.05) is 6.42 Å². The molecular formula is C50H42O2P2. The lowest BCUT2D eigenvalue weighted by Gasteiger charge is -2.28. The number of benzene rings is 8. The van der Waals surface area contributed by atoms with E-state index in [1.807, 2.05) is 6.92 Å². The molecule has 8 rings (SSSR count). The molecule has 0 saturated heterocycles. The second-order valence-electron chi connectivity index (χ2n) is 13.4. The van der Waals surface area contributed by atoms with Crippen molar-refractivity contribution in [2.24, 2.45) is 0 Å². The van der Waals surface area contributed by atoms with Gasteiger partial charge in [-0.1, -0.05) is 188 Å². The molecule has 0 aromatic heterocycles. The van der Waals surface area contributed by atoms with Gasteiger partial charge in [-0.2, -0.15) is 0 Å². The molecule has 0 heterocycles. The van der Waals surface area contributed by atoms with E-state index in [2.05, 4.69) is 188 Å². The van der Waals surface area contributed by atoms with Crippen LogP contribution in [0.3, 0.4) is 0 Å². The molecule has 0 aliphatic heterocycles. The molecule has 0 N–H and O–H groups in total. The lowest BCUT2D eigenvalue weighted by molar-refractivity contribution is -0.143. The zero-order chi connectivity index (χ0) is 36.7. The zero-order valence-electron chi connectivity index (χ0n) is 30.4. The van der Waals surface area contributed by atoms with E-state index in [1.54, 1.807) is 0 Å². The molecule has 54 heavy (non-hydrogen) atoms. The van der Waals surface area contributed by atoms with Crippen molar-refractivity contribution in [2.75, 3.05) is 6.61 Å². The fraction of sp³-hybridized carbons (Fsp3) is 0.100. The maximum Gasteiger partial charge on any atom is 0.305 e. The van der Waals surface area contributed by atoms with E-state index < -0.39 is 15.8 Å². The minimum atomic E-state index is -0.931. The predicted octanol–water partition coefficient (Wildman–Crippen LogP) is 10.1. The van der Waals surface area contributed by atoms with Crippen LogP contribution in [0.15, 0.2) is 188 Å². The number of esters is 1. The summed E-state index contributed by atoms with van der Waals surface area (Å²) in [6.07, 6.45) is 2.00. The number of carbonyl (C=O) groups is 1. The molecule has 0 spiro atoms. The van der Waals surface area contributed by atoms with Crippen molar-refractivity contribution in [1.29, 1.82) is 0 Å². The largest absolute Gasteiger partial charge is 0.466 e. The van der Waals surface area contributed by atoms with Gasteiger partial charge in [0.2, 0.25) is 0 Å². The Morgan fingerprint density at radius 3 is 1.43 bits per heavy atom. The Labute approximate surface area is 321 Å². The van der Waals surface area contributed by atoms with Crippen LogP contribution in [-0.2, 0) is 16.0 Å². The second kappa shape index (κ2) is 16.7. The zero-order valence-corrected chi connectivity index (χ0v) is 32.2. The highest BCUT2D eigenvalue weighted by atomic mass is 31.1. The highest BCUT2D eigenvalue weighted by Crippen LogP contribution is 2.45. The van der Waals surface area contributed by atoms with Crippen LogP contribution in [-0.4, -0.2) is 12.6 Å². The summed E-state index contributed by atoms with van der Waals surface area (Å²) >= 11 is 0. The van der Waals surface area contributed by atoms with Crippen LogP contribution in [0.25, 0.3) is 32.7 Å². The molecule has 0 aliphatic carbocycles. The Kier molecular flexibility index (Phi) is 11.0. The third kappa shape index (κ3) is 7.51. The van der Waals surface area contributed by atoms with Crippen molar-refractivity contribution < 1.29 is 9.53 Å². The van der Waals surface area contributed by atoms with Gasteiger partial charge in [-0.05, 0) is 106 Å². The van der Waals surface area contributed by atoms with E-state index in [0.717, 1.165) is 12.8 Å². The van der Waals surface area contributed by atoms with Crippen LogP contribution in [0.2, 0.25) is 0 Å². The van der Waals surface area contributed by atoms with E-state index in [1.165, 1.54) is 70.1 Å². The standard InChI is InChI=1S/C50H42O2P2/c1-2-52-48(51)29-17-18-37-30-33-45-39(36-37)32-35-47(54(42-24-11-5-12-25-42)43-26-13-6-14-27-43)50(45)49-44-28-16-15-19-38(44)31-34-46(49)53(40-20-7-3-8-21-40)41-22-9-4-10-23-41/h3-16,19-28,30-36H,2,17-18,29H2,1H3. The van der Waals surface area contributed by atoms with Crippen LogP contribution >= 0.6 is 15.8 Å². The van der Waals surface area contributed by atoms with Crippen molar-refractivity contribution >= 4 is 75.2 Å². The van der Waals surface area contributed by atoms with Crippen LogP contribution in [0.1, 0.15) is 25.3 Å². The normalized spacial score (nSPS) is 11.4. The lowest BCUT2D eigenvalue weighted by Crippen LogP contribution is -2.26. The first kappa shape index (κ1) is 35.6. The summed E-state index contributed by atoms with van der Waals surface area (Å²) in [6, 6.07) is 69.5. The Bertz CT molecular complexity index is 2420. The summed E-state index contributed by atoms with van der Waals surface area (Å²) < 4.78 is 5.22. The number of fused-ring (bicyclic) bond motifs is 2. The summed E-state index contributed by atoms with van der Waals surface area (Å²) in [6.45, 7) is 2.28. The van der Waals surface area contributed by atoms with Gasteiger partial charge in [-0.3, -0.25) is 4.79 Å². The van der Waals surface area contributed by atoms with Crippen LogP contribution in [0.5, 0.6) is 0 Å². The molecule has 8 aromatic rings. The highest BCUT2D eigenvalue weighted by molar-refractivity contribution is 7.80. The molecule has 4 heteroatoms. The smallest absolute Gasteiger partial charge is 0.305 e. The maximum absolute atomic E-state index is 12.2. The molecule has 0 unspecified atom stereocenters. The molecule has 0 saturated carbocycles. The van der Waals surface area contributed by atoms with E-state index >= 15 is 0 Å². The second-order valence-corrected chi connectivity index (χ2v) is 17.7. The first-order valence-corrected chi connectivity index (χ1v) is 21.4. The Hall–Kier alpha value is -5.39. The molecule has 0 atom stereocenters. The average molecular weight is 737 g/mol. The number of rotatable bonds is 12. The van der Waals surface area contributed by atoms with Crippen LogP contribution < -0.4 is 31.8 Å². The monoisotopic (exact) mass is 736 g/mol. The number of ether oxygens (including phenoxy) is 1. The van der Waals surface area contributed by atoms with Crippen molar-refractivity contribution in [3.05, 3.63) is 194 Å². The van der Waals surface area contributed by atoms with Crippen LogP contribution in [0, 0.1) is 0 Å². The topological polar surface area (TPSA) is 26.3 Å². The van der Waals surface area contributed by atoms with Gasteiger partial charge in [0.1, 0.15) is 0 Å². The number of carbonyl (C=O) groups excluding carboxylic acids is 1. The third-order valence-corrected chi connectivity index (χ3v) is 14.9. The summed E-state index contributed by atoms with van der Waals surface area (Å²) in [5.74, 6) is -0.128. The SMILES string of the molecule is CCOC(=O)CCCc1ccc2c(-c3c(P(c4ccccc4)c4ccccc4)ccc4ccccc34)c(P(c3ccccc3)c3ccccc3)ccc2c1. The van der Waals surface area contributed by atoms with Gasteiger partial charge in [-0.25, -0.2) is 0 Å². The van der Waals surface area contributed by atoms with Gasteiger partial charge in [0.25, 0.3) is 0 Å². The van der Waals surface area contributed by atoms with Crippen LogP contribution in [0.4, 0.5) is 0 Å². The number of hydrogen-bond acceptors (Lipinski definition) is 2. The Morgan fingerprint density at radius 2 is 0.926 bits per heavy atom. The Balaban J connectivity index is 1.44. The van der Waals surface area contributed by atoms with Gasteiger partial charge >= 0.3 is 5.97 Å². The number of aryl methyl sites for hydroxylation is 1. The average Bonchev–Trinajstić information content (AvgIpc) is 3.23. The van der Waals surface area contributed by atoms with Crippen molar-refractivity contribution in [3.8, 4) is 11.1 Å². The van der Waals surface area contributed by atoms with E-state index in [4.69, 9.17) is 4.74 Å². The molecule has 264 valence electrons. The molecule has 8 aromatic carbocycles. The molecule has 0 aliphatic rings. The fourth-order valence-electron chi connectivity index (χ4n) is 7.51. The minimum Gasteiger partial charge on any atom is -0.466 e. The highest BCUT2D eigenvalue weighted by Gasteiger charge is 2.28. The lowest BCUT2D eigenvalue weighted by atomic mass is 9.92. The predicted molar refractivity (Wildman–Crippen MR) is 234 cm³/mol. The minimum absolute atomic E-state index is 0.128. The molecule has 0 amide bonds. The number of hydrogen-bond donors (Lipinski definition) is 0. The fourth-order valence-corrected chi connectivity index (χ4v) is 12.5. The van der Waals surface area contributed by atoms with Crippen molar-refractivity contribution in [3.63, 3.8) is 0 Å². The van der Waals surface area contributed by atoms with Crippen molar-refractivity contribution in [2.45, 2.75) is 26.2 Å². The first-order valence-electron chi connectivity index (χ1n) is 18.7. The van der Waals surface area contributed by atoms with Gasteiger partial charge in [-0.15, -0.1) is 0 Å². The Morgan fingerprint density at radius 1 is 0.481 bits per heavy atom. The van der Waals surface area contributed by atoms with E-state index in [9.17, 15) is 4.79 Å². The quantitative estimate of drug-likeness (QED) is 0.0923. The molecule has 0 bridgehead atoms. The van der Waals surface area contributed by atoms with Gasteiger partial charge < -0.3 is 4.74 Å². The first-order chi connectivity index (χ1) is 26.7. The van der Waals surface area contributed by atoms with E-state index in [-0.39, 0.29) is 5.97 Å². The van der Waals surface area contributed by atoms with Crippen molar-refractivity contribution in [1.82, 2.24) is 0 Å². The molecular weight excluding hydrogens is 694 g/mol. The summed E-state index contributed by atoms with van der Waals surface area (Å²) in [7, 11) is -1.85. The summed E-state index contributed by atoms with van der Waals surface area (Å²) in [4.78, 5) is 12.2. The maximum atomic E-state index is 12.2.